The van der Waals surface area contributed by atoms with Crippen LogP contribution in [0.1, 0.15) is 23.7 Å². The first-order chi connectivity index (χ1) is 12.1. The van der Waals surface area contributed by atoms with E-state index in [1.807, 2.05) is 30.3 Å². The Hall–Kier alpha value is -1.56. The van der Waals surface area contributed by atoms with E-state index < -0.39 is 11.1 Å². The summed E-state index contributed by atoms with van der Waals surface area (Å²) < 4.78 is 13.4. The third kappa shape index (κ3) is 4.97. The third-order valence-electron chi connectivity index (χ3n) is 4.17. The smallest absolute Gasteiger partial charge is 0.238 e. The molecule has 0 spiro atoms. The van der Waals surface area contributed by atoms with E-state index in [4.69, 9.17) is 11.6 Å². The molecule has 0 aromatic heterocycles. The Labute approximate surface area is 156 Å². The summed E-state index contributed by atoms with van der Waals surface area (Å²) in [7, 11) is 0. The number of nitrogens with one attached hydrogen (secondary N) is 2. The van der Waals surface area contributed by atoms with Crippen LogP contribution < -0.4 is 10.6 Å². The molecule has 1 aliphatic rings. The summed E-state index contributed by atoms with van der Waals surface area (Å²) in [6, 6.07) is 14.4. The van der Waals surface area contributed by atoms with Gasteiger partial charge in [0.15, 0.2) is 0 Å². The van der Waals surface area contributed by atoms with Crippen LogP contribution in [-0.2, 0) is 4.79 Å². The molecule has 3 rings (SSSR count). The number of amides is 1. The first kappa shape index (κ1) is 18.2. The van der Waals surface area contributed by atoms with Gasteiger partial charge in [-0.05, 0) is 49.7 Å². The Morgan fingerprint density at radius 1 is 1.20 bits per heavy atom. The molecule has 2 aromatic rings. The van der Waals surface area contributed by atoms with Crippen molar-refractivity contribution in [2.75, 3.05) is 13.1 Å². The number of piperidine rings is 1. The number of hydrogen-bond acceptors (Lipinski definition) is 3. The molecule has 1 aliphatic heterocycles. The van der Waals surface area contributed by atoms with Crippen molar-refractivity contribution in [2.24, 2.45) is 0 Å². The number of hydrogen-bond donors (Lipinski definition) is 2. The lowest BCUT2D eigenvalue weighted by Gasteiger charge is -2.26. The van der Waals surface area contributed by atoms with E-state index in [1.54, 1.807) is 12.1 Å². The summed E-state index contributed by atoms with van der Waals surface area (Å²) in [5.74, 6) is -0.481. The highest BCUT2D eigenvalue weighted by atomic mass is 35.5. The van der Waals surface area contributed by atoms with E-state index in [0.29, 0.717) is 0 Å². The monoisotopic (exact) mass is 378 g/mol. The number of carbonyl (C=O) groups excluding carboxylic acids is 1. The van der Waals surface area contributed by atoms with Crippen molar-refractivity contribution in [1.82, 2.24) is 10.6 Å². The van der Waals surface area contributed by atoms with Gasteiger partial charge in [0.2, 0.25) is 5.91 Å². The van der Waals surface area contributed by atoms with E-state index in [2.05, 4.69) is 10.6 Å². The molecule has 132 valence electrons. The van der Waals surface area contributed by atoms with Crippen molar-refractivity contribution in [3.05, 3.63) is 64.9 Å². The number of benzene rings is 2. The molecule has 0 radical (unpaired) electrons. The Balaban J connectivity index is 1.79. The van der Waals surface area contributed by atoms with E-state index in [1.165, 1.54) is 17.8 Å². The maximum Gasteiger partial charge on any atom is 0.238 e. The normalized spacial score (nSPS) is 16.4. The summed E-state index contributed by atoms with van der Waals surface area (Å²) in [6.45, 7) is 1.84. The SMILES string of the molecule is O=C(NC1CCNCC1)C(Sc1ccc(F)c(Cl)c1)c1ccccc1. The number of halogens is 2. The topological polar surface area (TPSA) is 41.1 Å². The van der Waals surface area contributed by atoms with Crippen LogP contribution in [0.2, 0.25) is 5.02 Å². The van der Waals surface area contributed by atoms with E-state index in [9.17, 15) is 9.18 Å². The van der Waals surface area contributed by atoms with Crippen molar-refractivity contribution >= 4 is 29.3 Å². The van der Waals surface area contributed by atoms with Gasteiger partial charge in [0, 0.05) is 10.9 Å². The Morgan fingerprint density at radius 2 is 1.92 bits per heavy atom. The summed E-state index contributed by atoms with van der Waals surface area (Å²) in [5, 5.41) is 6.11. The minimum absolute atomic E-state index is 0.0245. The number of thioether (sulfide) groups is 1. The lowest BCUT2D eigenvalue weighted by molar-refractivity contribution is -0.121. The second-order valence-corrected chi connectivity index (χ2v) is 7.60. The molecule has 1 saturated heterocycles. The molecule has 25 heavy (non-hydrogen) atoms. The van der Waals surface area contributed by atoms with E-state index in [0.717, 1.165) is 36.4 Å². The second-order valence-electron chi connectivity index (χ2n) is 6.02. The molecule has 3 nitrogen and oxygen atoms in total. The zero-order valence-electron chi connectivity index (χ0n) is 13.7. The van der Waals surface area contributed by atoms with Crippen molar-refractivity contribution in [3.8, 4) is 0 Å². The van der Waals surface area contributed by atoms with Crippen molar-refractivity contribution < 1.29 is 9.18 Å². The molecule has 1 fully saturated rings. The molecule has 1 amide bonds. The fourth-order valence-electron chi connectivity index (χ4n) is 2.83. The molecule has 1 atom stereocenters. The predicted molar refractivity (Wildman–Crippen MR) is 100 cm³/mol. The molecule has 1 heterocycles. The van der Waals surface area contributed by atoms with Gasteiger partial charge < -0.3 is 10.6 Å². The predicted octanol–water partition coefficient (Wildman–Crippen LogP) is 4.18. The minimum Gasteiger partial charge on any atom is -0.352 e. The van der Waals surface area contributed by atoms with E-state index >= 15 is 0 Å². The maximum atomic E-state index is 13.4. The molecule has 0 aliphatic carbocycles. The highest BCUT2D eigenvalue weighted by Gasteiger charge is 2.25. The second kappa shape index (κ2) is 8.70. The highest BCUT2D eigenvalue weighted by molar-refractivity contribution is 8.00. The highest BCUT2D eigenvalue weighted by Crippen LogP contribution is 2.37. The largest absolute Gasteiger partial charge is 0.352 e. The molecule has 2 N–H and O–H groups in total. The molecule has 6 heteroatoms. The van der Waals surface area contributed by atoms with Gasteiger partial charge in [-0.25, -0.2) is 4.39 Å². The van der Waals surface area contributed by atoms with Crippen LogP contribution in [0.3, 0.4) is 0 Å². The van der Waals surface area contributed by atoms with Gasteiger partial charge in [0.1, 0.15) is 11.1 Å². The fourth-order valence-corrected chi connectivity index (χ4v) is 4.15. The molecule has 0 saturated carbocycles. The molecular formula is C19H20ClFN2OS. The van der Waals surface area contributed by atoms with Gasteiger partial charge >= 0.3 is 0 Å². The van der Waals surface area contributed by atoms with Crippen molar-refractivity contribution in [3.63, 3.8) is 0 Å². The van der Waals surface area contributed by atoms with E-state index in [-0.39, 0.29) is 17.0 Å². The zero-order valence-corrected chi connectivity index (χ0v) is 15.2. The molecule has 1 unspecified atom stereocenters. The summed E-state index contributed by atoms with van der Waals surface area (Å²) >= 11 is 7.27. The van der Waals surface area contributed by atoms with Gasteiger partial charge in [-0.1, -0.05) is 41.9 Å². The Morgan fingerprint density at radius 3 is 2.60 bits per heavy atom. The first-order valence-corrected chi connectivity index (χ1v) is 9.57. The maximum absolute atomic E-state index is 13.4. The van der Waals surface area contributed by atoms with Crippen LogP contribution in [0.4, 0.5) is 4.39 Å². The summed E-state index contributed by atoms with van der Waals surface area (Å²) in [5.41, 5.74) is 0.916. The average Bonchev–Trinajstić information content (AvgIpc) is 2.64. The number of carbonyl (C=O) groups is 1. The van der Waals surface area contributed by atoms with Gasteiger partial charge in [-0.2, -0.15) is 0 Å². The Kier molecular flexibility index (Phi) is 6.34. The molecule has 0 bridgehead atoms. The zero-order chi connectivity index (χ0) is 17.6. The lowest BCUT2D eigenvalue weighted by Crippen LogP contribution is -2.44. The first-order valence-electron chi connectivity index (χ1n) is 8.31. The third-order valence-corrected chi connectivity index (χ3v) is 5.71. The average molecular weight is 379 g/mol. The van der Waals surface area contributed by atoms with Gasteiger partial charge in [0.05, 0.1) is 5.02 Å². The van der Waals surface area contributed by atoms with Crippen molar-refractivity contribution in [2.45, 2.75) is 29.0 Å². The summed E-state index contributed by atoms with van der Waals surface area (Å²) in [6.07, 6.45) is 1.86. The van der Waals surface area contributed by atoms with Crippen LogP contribution in [0.5, 0.6) is 0 Å². The molecule has 2 aromatic carbocycles. The fraction of sp³-hybridized carbons (Fsp3) is 0.316. The van der Waals surface area contributed by atoms with Crippen LogP contribution in [0, 0.1) is 5.82 Å². The quantitative estimate of drug-likeness (QED) is 0.767. The van der Waals surface area contributed by atoms with Gasteiger partial charge in [-0.15, -0.1) is 11.8 Å². The minimum atomic E-state index is -0.457. The standard InChI is InChI=1S/C19H20ClFN2OS/c20-16-12-15(6-7-17(16)21)25-18(13-4-2-1-3-5-13)19(24)23-14-8-10-22-11-9-14/h1-7,12,14,18,22H,8-11H2,(H,23,24). The Bertz CT molecular complexity index is 723. The van der Waals surface area contributed by atoms with Crippen LogP contribution in [0.25, 0.3) is 0 Å². The summed E-state index contributed by atoms with van der Waals surface area (Å²) in [4.78, 5) is 13.7. The lowest BCUT2D eigenvalue weighted by atomic mass is 10.1. The number of rotatable bonds is 5. The van der Waals surface area contributed by atoms with Gasteiger partial charge in [0.25, 0.3) is 0 Å². The molecular weight excluding hydrogens is 359 g/mol. The van der Waals surface area contributed by atoms with Crippen LogP contribution in [0.15, 0.2) is 53.4 Å². The van der Waals surface area contributed by atoms with Crippen LogP contribution >= 0.6 is 23.4 Å². The van der Waals surface area contributed by atoms with Gasteiger partial charge in [-0.3, -0.25) is 4.79 Å². The van der Waals surface area contributed by atoms with Crippen molar-refractivity contribution in [1.29, 1.82) is 0 Å². The van der Waals surface area contributed by atoms with Crippen LogP contribution in [-0.4, -0.2) is 25.0 Å².